The van der Waals surface area contributed by atoms with Gasteiger partial charge in [0.25, 0.3) is 0 Å². The number of carbonyl (C=O) groups excluding carboxylic acids is 1. The number of aromatic carboxylic acids is 1. The Balaban J connectivity index is 2.66. The number of benzene rings is 2. The lowest BCUT2D eigenvalue weighted by Gasteiger charge is -2.12. The smallest absolute Gasteiger partial charge is 0.335 e. The second kappa shape index (κ2) is 7.39. The minimum absolute atomic E-state index is 0.0441. The molecule has 0 heterocycles. The van der Waals surface area contributed by atoms with Crippen molar-refractivity contribution in [2.24, 2.45) is 5.14 Å². The number of nitrogens with zero attached hydrogens (tertiary/aromatic N) is 1. The van der Waals surface area contributed by atoms with Crippen molar-refractivity contribution in [3.63, 3.8) is 0 Å². The molecule has 0 radical (unpaired) electrons. The molecule has 0 atom stereocenters. The van der Waals surface area contributed by atoms with Crippen molar-refractivity contribution in [2.75, 3.05) is 5.32 Å². The molecular formula is C15H13N3O8S. The van der Waals surface area contributed by atoms with Gasteiger partial charge in [0.1, 0.15) is 10.6 Å². The monoisotopic (exact) mass is 395 g/mol. The summed E-state index contributed by atoms with van der Waals surface area (Å²) >= 11 is 0. The molecule has 4 N–H and O–H groups in total. The van der Waals surface area contributed by atoms with Gasteiger partial charge in [-0.2, -0.15) is 0 Å². The van der Waals surface area contributed by atoms with Gasteiger partial charge in [-0.15, -0.1) is 0 Å². The van der Waals surface area contributed by atoms with Gasteiger partial charge >= 0.3 is 11.7 Å². The molecule has 0 unspecified atom stereocenters. The highest BCUT2D eigenvalue weighted by Crippen LogP contribution is 2.38. The Labute approximate surface area is 152 Å². The molecule has 0 aliphatic rings. The maximum Gasteiger partial charge on any atom is 0.335 e. The first-order valence-electron chi connectivity index (χ1n) is 7.13. The van der Waals surface area contributed by atoms with Crippen molar-refractivity contribution in [1.29, 1.82) is 0 Å². The van der Waals surface area contributed by atoms with Crippen molar-refractivity contribution in [3.8, 4) is 11.5 Å². The summed E-state index contributed by atoms with van der Waals surface area (Å²) in [4.78, 5) is 31.7. The topological polar surface area (TPSA) is 179 Å². The fourth-order valence-corrected chi connectivity index (χ4v) is 2.81. The van der Waals surface area contributed by atoms with Gasteiger partial charge in [0.2, 0.25) is 21.7 Å². The summed E-state index contributed by atoms with van der Waals surface area (Å²) in [5.74, 6) is -2.75. The van der Waals surface area contributed by atoms with Crippen molar-refractivity contribution in [3.05, 3.63) is 52.1 Å². The standard InChI is InChI=1S/C15H13N3O8S/c1-8(19)17-10-3-2-4-11(7-10)26-14-12(18(22)23)5-9(15(20)21)6-13(14)27(16,24)25/h2-7H,1H3,(H,17,19)(H,20,21)(H2,16,24,25). The average Bonchev–Trinajstić information content (AvgIpc) is 2.53. The molecule has 0 saturated heterocycles. The van der Waals surface area contributed by atoms with Crippen molar-refractivity contribution < 1.29 is 32.8 Å². The molecule has 0 spiro atoms. The highest BCUT2D eigenvalue weighted by molar-refractivity contribution is 7.89. The second-order valence-corrected chi connectivity index (χ2v) is 6.77. The maximum atomic E-state index is 11.8. The van der Waals surface area contributed by atoms with E-state index in [4.69, 9.17) is 15.0 Å². The maximum absolute atomic E-state index is 11.8. The van der Waals surface area contributed by atoms with Crippen molar-refractivity contribution >= 4 is 33.3 Å². The van der Waals surface area contributed by atoms with Gasteiger partial charge in [0.05, 0.1) is 10.5 Å². The van der Waals surface area contributed by atoms with Crippen LogP contribution in [-0.4, -0.2) is 30.3 Å². The van der Waals surface area contributed by atoms with Crippen molar-refractivity contribution in [2.45, 2.75) is 11.8 Å². The predicted octanol–water partition coefficient (Wildman–Crippen LogP) is 1.69. The number of primary sulfonamides is 1. The van der Waals surface area contributed by atoms with Crippen LogP contribution in [0.15, 0.2) is 41.3 Å². The van der Waals surface area contributed by atoms with Gasteiger partial charge in [0, 0.05) is 24.7 Å². The van der Waals surface area contributed by atoms with E-state index < -0.39 is 42.8 Å². The van der Waals surface area contributed by atoms with E-state index in [0.717, 1.165) is 0 Å². The quantitative estimate of drug-likeness (QED) is 0.488. The highest BCUT2D eigenvalue weighted by atomic mass is 32.2. The number of nitro groups is 1. The number of hydrogen-bond donors (Lipinski definition) is 3. The van der Waals surface area contributed by atoms with E-state index >= 15 is 0 Å². The van der Waals surface area contributed by atoms with Crippen LogP contribution in [0.4, 0.5) is 11.4 Å². The number of amides is 1. The number of rotatable bonds is 6. The molecule has 0 aliphatic heterocycles. The molecule has 12 heteroatoms. The van der Waals surface area contributed by atoms with Crippen LogP contribution in [0.25, 0.3) is 0 Å². The molecule has 0 aromatic heterocycles. The number of carboxylic acid groups (broad SMARTS) is 1. The molecule has 1 amide bonds. The summed E-state index contributed by atoms with van der Waals surface area (Å²) in [5, 5.41) is 27.9. The first-order valence-corrected chi connectivity index (χ1v) is 8.67. The van der Waals surface area contributed by atoms with Gasteiger partial charge in [-0.25, -0.2) is 18.4 Å². The normalized spacial score (nSPS) is 10.9. The Morgan fingerprint density at radius 1 is 1.26 bits per heavy atom. The summed E-state index contributed by atoms with van der Waals surface area (Å²) in [6.45, 7) is 1.27. The van der Waals surface area contributed by atoms with Gasteiger partial charge < -0.3 is 15.2 Å². The third kappa shape index (κ3) is 4.77. The summed E-state index contributed by atoms with van der Waals surface area (Å²) in [6, 6.07) is 6.93. The number of ether oxygens (including phenoxy) is 1. The molecule has 0 saturated carbocycles. The zero-order valence-corrected chi connectivity index (χ0v) is 14.5. The molecule has 11 nitrogen and oxygen atoms in total. The summed E-state index contributed by atoms with van der Waals surface area (Å²) in [6.07, 6.45) is 0. The van der Waals surface area contributed by atoms with Crippen LogP contribution in [0.3, 0.4) is 0 Å². The fraction of sp³-hybridized carbons (Fsp3) is 0.0667. The number of anilines is 1. The van der Waals surface area contributed by atoms with Crippen LogP contribution < -0.4 is 15.2 Å². The van der Waals surface area contributed by atoms with E-state index in [9.17, 15) is 28.1 Å². The molecule has 142 valence electrons. The summed E-state index contributed by atoms with van der Waals surface area (Å²) < 4.78 is 29.0. The van der Waals surface area contributed by atoms with Crippen molar-refractivity contribution in [1.82, 2.24) is 0 Å². The Bertz CT molecular complexity index is 1050. The van der Waals surface area contributed by atoms with Crippen LogP contribution in [0.2, 0.25) is 0 Å². The minimum atomic E-state index is -4.56. The van der Waals surface area contributed by atoms with Crippen LogP contribution >= 0.6 is 0 Å². The lowest BCUT2D eigenvalue weighted by atomic mass is 10.2. The Kier molecular flexibility index (Phi) is 5.42. The highest BCUT2D eigenvalue weighted by Gasteiger charge is 2.29. The number of nitrogens with two attached hydrogens (primary N) is 1. The molecule has 0 bridgehead atoms. The second-order valence-electron chi connectivity index (χ2n) is 5.24. The number of hydrogen-bond acceptors (Lipinski definition) is 7. The van der Waals surface area contributed by atoms with Gasteiger partial charge in [-0.3, -0.25) is 14.9 Å². The molecule has 2 aromatic carbocycles. The Morgan fingerprint density at radius 3 is 2.44 bits per heavy atom. The first-order chi connectivity index (χ1) is 12.5. The number of carboxylic acids is 1. The van der Waals surface area contributed by atoms with Crippen LogP contribution in [0.5, 0.6) is 11.5 Å². The molecule has 0 fully saturated rings. The summed E-state index contributed by atoms with van der Waals surface area (Å²) in [7, 11) is -4.56. The van der Waals surface area contributed by atoms with Crippen LogP contribution in [-0.2, 0) is 14.8 Å². The van der Waals surface area contributed by atoms with Crippen LogP contribution in [0, 0.1) is 10.1 Å². The Hall–Kier alpha value is -3.51. The summed E-state index contributed by atoms with van der Waals surface area (Å²) in [5.41, 5.74) is -1.25. The van der Waals surface area contributed by atoms with E-state index in [1.54, 1.807) is 0 Å². The fourth-order valence-electron chi connectivity index (χ4n) is 2.12. The van der Waals surface area contributed by atoms with E-state index in [0.29, 0.717) is 17.8 Å². The van der Waals surface area contributed by atoms with E-state index in [2.05, 4.69) is 5.32 Å². The molecule has 0 aliphatic carbocycles. The van der Waals surface area contributed by atoms with E-state index in [1.165, 1.54) is 31.2 Å². The third-order valence-electron chi connectivity index (χ3n) is 3.16. The number of nitrogens with one attached hydrogen (secondary N) is 1. The predicted molar refractivity (Wildman–Crippen MR) is 92.2 cm³/mol. The molecule has 2 rings (SSSR count). The largest absolute Gasteiger partial charge is 0.478 e. The number of carbonyl (C=O) groups is 2. The molecule has 2 aromatic rings. The van der Waals surface area contributed by atoms with Gasteiger partial charge in [-0.1, -0.05) is 6.07 Å². The zero-order chi connectivity index (χ0) is 20.4. The first kappa shape index (κ1) is 19.8. The third-order valence-corrected chi connectivity index (χ3v) is 4.08. The van der Waals surface area contributed by atoms with Crippen LogP contribution in [0.1, 0.15) is 17.3 Å². The number of nitro benzene ring substituents is 1. The minimum Gasteiger partial charge on any atom is -0.478 e. The average molecular weight is 395 g/mol. The molecule has 27 heavy (non-hydrogen) atoms. The lowest BCUT2D eigenvalue weighted by molar-refractivity contribution is -0.385. The van der Waals surface area contributed by atoms with Gasteiger partial charge in [0.15, 0.2) is 0 Å². The zero-order valence-electron chi connectivity index (χ0n) is 13.7. The van der Waals surface area contributed by atoms with E-state index in [1.807, 2.05) is 0 Å². The number of sulfonamides is 1. The Morgan fingerprint density at radius 2 is 1.93 bits per heavy atom. The molecular weight excluding hydrogens is 382 g/mol. The van der Waals surface area contributed by atoms with Gasteiger partial charge in [-0.05, 0) is 18.2 Å². The SMILES string of the molecule is CC(=O)Nc1cccc(Oc2c([N+](=O)[O-])cc(C(=O)O)cc2S(N)(=O)=O)c1. The lowest BCUT2D eigenvalue weighted by Crippen LogP contribution is -2.15. The van der Waals surface area contributed by atoms with E-state index in [-0.39, 0.29) is 11.7 Å².